The average Bonchev–Trinajstić information content (AvgIpc) is 2.91. The topological polar surface area (TPSA) is 21.3 Å². The predicted molar refractivity (Wildman–Crippen MR) is 60.3 cm³/mol. The van der Waals surface area contributed by atoms with E-state index in [2.05, 4.69) is 29.6 Å². The van der Waals surface area contributed by atoms with E-state index in [-0.39, 0.29) is 0 Å². The van der Waals surface area contributed by atoms with E-state index in [4.69, 9.17) is 4.74 Å². The van der Waals surface area contributed by atoms with Crippen LogP contribution in [-0.2, 0) is 0 Å². The average molecular weight is 203 g/mol. The van der Waals surface area contributed by atoms with Gasteiger partial charge in [0, 0.05) is 18.0 Å². The summed E-state index contributed by atoms with van der Waals surface area (Å²) in [5.41, 5.74) is 1.47. The first-order chi connectivity index (χ1) is 7.36. The minimum Gasteiger partial charge on any atom is -0.497 e. The number of ether oxygens (including phenoxy) is 1. The van der Waals surface area contributed by atoms with Gasteiger partial charge in [-0.25, -0.2) is 0 Å². The minimum absolute atomic E-state index is 0.725. The van der Waals surface area contributed by atoms with Crippen LogP contribution in [0.5, 0.6) is 5.75 Å². The molecule has 1 aromatic carbocycles. The maximum absolute atomic E-state index is 5.18. The van der Waals surface area contributed by atoms with Crippen molar-refractivity contribution >= 4 is 0 Å². The van der Waals surface area contributed by atoms with Crippen molar-refractivity contribution in [3.05, 3.63) is 29.8 Å². The van der Waals surface area contributed by atoms with E-state index in [1.807, 2.05) is 0 Å². The van der Waals surface area contributed by atoms with Gasteiger partial charge in [-0.2, -0.15) is 0 Å². The molecular weight excluding hydrogens is 186 g/mol. The van der Waals surface area contributed by atoms with Crippen LogP contribution in [0.2, 0.25) is 0 Å². The molecule has 0 aliphatic carbocycles. The SMILES string of the molecule is COc1ccc([C@@H]2C[C@H]3CC[C@@H]2N3)cc1. The fraction of sp³-hybridized carbons (Fsp3) is 0.538. The number of hydrogen-bond donors (Lipinski definition) is 1. The smallest absolute Gasteiger partial charge is 0.118 e. The summed E-state index contributed by atoms with van der Waals surface area (Å²) in [6, 6.07) is 10.1. The maximum Gasteiger partial charge on any atom is 0.118 e. The lowest BCUT2D eigenvalue weighted by molar-refractivity contribution is 0.414. The Bertz CT molecular complexity index is 346. The second kappa shape index (κ2) is 3.53. The van der Waals surface area contributed by atoms with Gasteiger partial charge in [-0.3, -0.25) is 0 Å². The van der Waals surface area contributed by atoms with Gasteiger partial charge in [0.2, 0.25) is 0 Å². The van der Waals surface area contributed by atoms with E-state index >= 15 is 0 Å². The van der Waals surface area contributed by atoms with E-state index in [0.29, 0.717) is 0 Å². The number of rotatable bonds is 2. The third-order valence-corrected chi connectivity index (χ3v) is 3.84. The summed E-state index contributed by atoms with van der Waals surface area (Å²) in [7, 11) is 1.72. The molecule has 2 heterocycles. The molecule has 2 aliphatic rings. The van der Waals surface area contributed by atoms with Crippen LogP contribution in [0, 0.1) is 0 Å². The zero-order valence-corrected chi connectivity index (χ0v) is 9.07. The van der Waals surface area contributed by atoms with E-state index in [0.717, 1.165) is 23.8 Å². The fourth-order valence-electron chi connectivity index (χ4n) is 3.04. The van der Waals surface area contributed by atoms with Crippen LogP contribution in [0.1, 0.15) is 30.7 Å². The van der Waals surface area contributed by atoms with Gasteiger partial charge in [0.15, 0.2) is 0 Å². The molecule has 1 aromatic rings. The number of benzene rings is 1. The van der Waals surface area contributed by atoms with Gasteiger partial charge >= 0.3 is 0 Å². The van der Waals surface area contributed by atoms with Crippen LogP contribution in [-0.4, -0.2) is 19.2 Å². The van der Waals surface area contributed by atoms with Gasteiger partial charge in [0.1, 0.15) is 5.75 Å². The summed E-state index contributed by atoms with van der Waals surface area (Å²) >= 11 is 0. The number of hydrogen-bond acceptors (Lipinski definition) is 2. The van der Waals surface area contributed by atoms with Crippen LogP contribution in [0.25, 0.3) is 0 Å². The third-order valence-electron chi connectivity index (χ3n) is 3.84. The number of nitrogens with one attached hydrogen (secondary N) is 1. The summed E-state index contributed by atoms with van der Waals surface area (Å²) < 4.78 is 5.18. The first-order valence-electron chi connectivity index (χ1n) is 5.77. The molecule has 2 bridgehead atoms. The lowest BCUT2D eigenvalue weighted by atomic mass is 9.84. The second-order valence-electron chi connectivity index (χ2n) is 4.66. The van der Waals surface area contributed by atoms with Crippen molar-refractivity contribution in [2.24, 2.45) is 0 Å². The molecule has 3 atom stereocenters. The largest absolute Gasteiger partial charge is 0.497 e. The Morgan fingerprint density at radius 2 is 2.00 bits per heavy atom. The van der Waals surface area contributed by atoms with Gasteiger partial charge in [-0.15, -0.1) is 0 Å². The zero-order valence-electron chi connectivity index (χ0n) is 9.07. The van der Waals surface area contributed by atoms with E-state index in [9.17, 15) is 0 Å². The van der Waals surface area contributed by atoms with Gasteiger partial charge in [0.25, 0.3) is 0 Å². The van der Waals surface area contributed by atoms with E-state index < -0.39 is 0 Å². The van der Waals surface area contributed by atoms with Crippen molar-refractivity contribution in [3.8, 4) is 5.75 Å². The molecule has 2 nitrogen and oxygen atoms in total. The highest BCUT2D eigenvalue weighted by atomic mass is 16.5. The molecular formula is C13H17NO. The highest BCUT2D eigenvalue weighted by Gasteiger charge is 2.39. The summed E-state index contributed by atoms with van der Waals surface area (Å²) in [6.45, 7) is 0. The summed E-state index contributed by atoms with van der Waals surface area (Å²) in [5.74, 6) is 1.68. The summed E-state index contributed by atoms with van der Waals surface area (Å²) in [4.78, 5) is 0. The van der Waals surface area contributed by atoms with E-state index in [1.165, 1.54) is 24.8 Å². The Kier molecular flexibility index (Phi) is 2.17. The first-order valence-corrected chi connectivity index (χ1v) is 5.77. The van der Waals surface area contributed by atoms with Crippen LogP contribution < -0.4 is 10.1 Å². The maximum atomic E-state index is 5.18. The second-order valence-corrected chi connectivity index (χ2v) is 4.66. The molecule has 0 unspecified atom stereocenters. The summed E-state index contributed by atoms with van der Waals surface area (Å²) in [6.07, 6.45) is 4.04. The fourth-order valence-corrected chi connectivity index (χ4v) is 3.04. The molecule has 0 amide bonds. The molecule has 2 heteroatoms. The van der Waals surface area contributed by atoms with Crippen molar-refractivity contribution in [2.75, 3.05) is 7.11 Å². The standard InChI is InChI=1S/C13H17NO/c1-15-11-5-2-9(3-6-11)12-8-10-4-7-13(12)14-10/h2-3,5-6,10,12-14H,4,7-8H2,1H3/t10-,12+,13+/m1/s1. The highest BCUT2D eigenvalue weighted by molar-refractivity contribution is 5.31. The molecule has 2 saturated heterocycles. The van der Waals surface area contributed by atoms with Gasteiger partial charge in [-0.1, -0.05) is 12.1 Å². The zero-order chi connectivity index (χ0) is 10.3. The first kappa shape index (κ1) is 9.22. The Morgan fingerprint density at radius 1 is 1.20 bits per heavy atom. The molecule has 80 valence electrons. The van der Waals surface area contributed by atoms with Crippen LogP contribution >= 0.6 is 0 Å². The Hall–Kier alpha value is -1.02. The molecule has 0 saturated carbocycles. The molecule has 0 spiro atoms. The Morgan fingerprint density at radius 3 is 2.53 bits per heavy atom. The lowest BCUT2D eigenvalue weighted by Crippen LogP contribution is -2.21. The number of methoxy groups -OCH3 is 1. The third kappa shape index (κ3) is 1.53. The van der Waals surface area contributed by atoms with Crippen LogP contribution in [0.4, 0.5) is 0 Å². The predicted octanol–water partition coefficient (Wildman–Crippen LogP) is 2.30. The van der Waals surface area contributed by atoms with Crippen molar-refractivity contribution < 1.29 is 4.74 Å². The molecule has 3 rings (SSSR count). The van der Waals surface area contributed by atoms with Crippen molar-refractivity contribution in [2.45, 2.75) is 37.3 Å². The van der Waals surface area contributed by atoms with Gasteiger partial charge in [-0.05, 0) is 37.0 Å². The monoisotopic (exact) mass is 203 g/mol. The Balaban J connectivity index is 1.81. The molecule has 2 fully saturated rings. The van der Waals surface area contributed by atoms with Crippen LogP contribution in [0.3, 0.4) is 0 Å². The van der Waals surface area contributed by atoms with Crippen molar-refractivity contribution in [1.82, 2.24) is 5.32 Å². The number of fused-ring (bicyclic) bond motifs is 2. The normalized spacial score (nSPS) is 33.3. The highest BCUT2D eigenvalue weighted by Crippen LogP contribution is 2.40. The van der Waals surface area contributed by atoms with Gasteiger partial charge in [0.05, 0.1) is 7.11 Å². The molecule has 0 aromatic heterocycles. The molecule has 0 radical (unpaired) electrons. The van der Waals surface area contributed by atoms with E-state index in [1.54, 1.807) is 7.11 Å². The molecule has 15 heavy (non-hydrogen) atoms. The molecule has 1 N–H and O–H groups in total. The molecule has 2 aliphatic heterocycles. The van der Waals surface area contributed by atoms with Crippen molar-refractivity contribution in [3.63, 3.8) is 0 Å². The van der Waals surface area contributed by atoms with Crippen LogP contribution in [0.15, 0.2) is 24.3 Å². The minimum atomic E-state index is 0.725. The lowest BCUT2D eigenvalue weighted by Gasteiger charge is -2.20. The Labute approximate surface area is 90.6 Å². The van der Waals surface area contributed by atoms with Crippen molar-refractivity contribution in [1.29, 1.82) is 0 Å². The summed E-state index contributed by atoms with van der Waals surface area (Å²) in [5, 5.41) is 3.67. The quantitative estimate of drug-likeness (QED) is 0.796. The van der Waals surface area contributed by atoms with Gasteiger partial charge < -0.3 is 10.1 Å².